The second-order valence-electron chi connectivity index (χ2n) is 5.91. The Balaban J connectivity index is 1.64. The van der Waals surface area contributed by atoms with E-state index >= 15 is 0 Å². The first-order valence-corrected chi connectivity index (χ1v) is 7.58. The summed E-state index contributed by atoms with van der Waals surface area (Å²) in [5.41, 5.74) is 1.05. The summed E-state index contributed by atoms with van der Waals surface area (Å²) in [6.07, 6.45) is 7.85. The van der Waals surface area contributed by atoms with E-state index in [1.807, 2.05) is 12.1 Å². The van der Waals surface area contributed by atoms with Crippen molar-refractivity contribution in [3.8, 4) is 0 Å². The number of nitrogens with one attached hydrogen (secondary N) is 2. The van der Waals surface area contributed by atoms with Gasteiger partial charge >= 0.3 is 0 Å². The molecule has 2 fully saturated rings. The fourth-order valence-corrected chi connectivity index (χ4v) is 3.65. The molecule has 1 aromatic rings. The lowest BCUT2D eigenvalue weighted by Gasteiger charge is -2.33. The summed E-state index contributed by atoms with van der Waals surface area (Å²) in [6.45, 7) is 1.17. The van der Waals surface area contributed by atoms with Crippen LogP contribution in [0.5, 0.6) is 0 Å². The first kappa shape index (κ1) is 12.9. The van der Waals surface area contributed by atoms with Gasteiger partial charge in [-0.15, -0.1) is 0 Å². The predicted molar refractivity (Wildman–Crippen MR) is 76.8 cm³/mol. The summed E-state index contributed by atoms with van der Waals surface area (Å²) < 4.78 is 12.9. The van der Waals surface area contributed by atoms with Crippen LogP contribution in [0.3, 0.4) is 0 Å². The minimum absolute atomic E-state index is 0.164. The van der Waals surface area contributed by atoms with Gasteiger partial charge in [-0.1, -0.05) is 12.8 Å². The van der Waals surface area contributed by atoms with E-state index in [0.29, 0.717) is 12.1 Å². The molecule has 0 radical (unpaired) electrons. The molecule has 2 nitrogen and oxygen atoms in total. The highest BCUT2D eigenvalue weighted by Crippen LogP contribution is 2.33. The van der Waals surface area contributed by atoms with E-state index < -0.39 is 0 Å². The van der Waals surface area contributed by atoms with Crippen molar-refractivity contribution in [2.45, 2.75) is 50.6 Å². The largest absolute Gasteiger partial charge is 0.382 e. The van der Waals surface area contributed by atoms with E-state index in [2.05, 4.69) is 10.6 Å². The van der Waals surface area contributed by atoms with Crippen LogP contribution in [0.1, 0.15) is 38.5 Å². The Morgan fingerprint density at radius 2 is 1.84 bits per heavy atom. The molecule has 1 aromatic carbocycles. The van der Waals surface area contributed by atoms with Crippen LogP contribution in [0.25, 0.3) is 0 Å². The van der Waals surface area contributed by atoms with Crippen LogP contribution in [0.15, 0.2) is 24.3 Å². The van der Waals surface area contributed by atoms with Gasteiger partial charge in [0.25, 0.3) is 0 Å². The maximum Gasteiger partial charge on any atom is 0.123 e. The third kappa shape index (κ3) is 3.08. The highest BCUT2D eigenvalue weighted by molar-refractivity contribution is 5.44. The molecule has 2 N–H and O–H groups in total. The number of benzene rings is 1. The van der Waals surface area contributed by atoms with E-state index in [9.17, 15) is 4.39 Å². The van der Waals surface area contributed by atoms with E-state index in [0.717, 1.165) is 11.6 Å². The molecular weight excluding hydrogens is 239 g/mol. The van der Waals surface area contributed by atoms with Crippen molar-refractivity contribution in [2.75, 3.05) is 11.9 Å². The van der Waals surface area contributed by atoms with Crippen LogP contribution in [0.2, 0.25) is 0 Å². The van der Waals surface area contributed by atoms with Gasteiger partial charge in [0, 0.05) is 17.8 Å². The Hall–Kier alpha value is -1.09. The number of hydrogen-bond acceptors (Lipinski definition) is 2. The Labute approximate surface area is 114 Å². The minimum Gasteiger partial charge on any atom is -0.382 e. The first-order chi connectivity index (χ1) is 9.33. The van der Waals surface area contributed by atoms with Gasteiger partial charge in [0.1, 0.15) is 5.82 Å². The lowest BCUT2D eigenvalue weighted by atomic mass is 9.88. The van der Waals surface area contributed by atoms with Crippen LogP contribution < -0.4 is 10.6 Å². The third-order valence-electron chi connectivity index (χ3n) is 4.63. The molecule has 3 atom stereocenters. The molecule has 0 amide bonds. The summed E-state index contributed by atoms with van der Waals surface area (Å²) in [5, 5.41) is 7.29. The van der Waals surface area contributed by atoms with Crippen molar-refractivity contribution in [1.29, 1.82) is 0 Å². The summed E-state index contributed by atoms with van der Waals surface area (Å²) in [5.74, 6) is 0.563. The topological polar surface area (TPSA) is 24.1 Å². The van der Waals surface area contributed by atoms with Crippen molar-refractivity contribution < 1.29 is 4.39 Å². The Kier molecular flexibility index (Phi) is 4.02. The summed E-state index contributed by atoms with van der Waals surface area (Å²) in [6, 6.07) is 7.98. The lowest BCUT2D eigenvalue weighted by molar-refractivity contribution is 0.286. The first-order valence-electron chi connectivity index (χ1n) is 7.58. The van der Waals surface area contributed by atoms with Gasteiger partial charge in [0.15, 0.2) is 0 Å². The Morgan fingerprint density at radius 3 is 2.58 bits per heavy atom. The molecule has 19 heavy (non-hydrogen) atoms. The van der Waals surface area contributed by atoms with Gasteiger partial charge in [-0.3, -0.25) is 0 Å². The smallest absolute Gasteiger partial charge is 0.123 e. The molecular formula is C16H23FN2. The zero-order valence-corrected chi connectivity index (χ0v) is 11.4. The monoisotopic (exact) mass is 262 g/mol. The SMILES string of the molecule is Fc1ccc(NC2CCCC2C2CCCCN2)cc1. The van der Waals surface area contributed by atoms with E-state index in [1.165, 1.54) is 57.2 Å². The maximum absolute atomic E-state index is 12.9. The molecule has 3 unspecified atom stereocenters. The van der Waals surface area contributed by atoms with Crippen molar-refractivity contribution >= 4 is 5.69 Å². The van der Waals surface area contributed by atoms with Crippen molar-refractivity contribution in [3.63, 3.8) is 0 Å². The van der Waals surface area contributed by atoms with Crippen molar-refractivity contribution in [3.05, 3.63) is 30.1 Å². The number of rotatable bonds is 3. The molecule has 3 heteroatoms. The zero-order chi connectivity index (χ0) is 13.1. The fourth-order valence-electron chi connectivity index (χ4n) is 3.65. The predicted octanol–water partition coefficient (Wildman–Crippen LogP) is 3.55. The standard InChI is InChI=1S/C16H23FN2/c17-12-7-9-13(10-8-12)19-16-6-3-4-14(16)15-5-1-2-11-18-15/h7-10,14-16,18-19H,1-6,11H2. The molecule has 1 aliphatic heterocycles. The van der Waals surface area contributed by atoms with Crippen LogP contribution in [0.4, 0.5) is 10.1 Å². The van der Waals surface area contributed by atoms with Gasteiger partial charge in [-0.05, 0) is 62.4 Å². The highest BCUT2D eigenvalue weighted by atomic mass is 19.1. The molecule has 2 aliphatic rings. The number of halogens is 1. The summed E-state index contributed by atoms with van der Waals surface area (Å²) in [7, 11) is 0. The number of anilines is 1. The fraction of sp³-hybridized carbons (Fsp3) is 0.625. The molecule has 1 aliphatic carbocycles. The second-order valence-corrected chi connectivity index (χ2v) is 5.91. The Bertz CT molecular complexity index is 398. The molecule has 3 rings (SSSR count). The van der Waals surface area contributed by atoms with Crippen LogP contribution in [-0.2, 0) is 0 Å². The number of piperidine rings is 1. The molecule has 0 spiro atoms. The third-order valence-corrected chi connectivity index (χ3v) is 4.63. The lowest BCUT2D eigenvalue weighted by Crippen LogP contribution is -2.44. The summed E-state index contributed by atoms with van der Waals surface area (Å²) >= 11 is 0. The minimum atomic E-state index is -0.164. The van der Waals surface area contributed by atoms with E-state index in [1.54, 1.807) is 0 Å². The second kappa shape index (κ2) is 5.91. The van der Waals surface area contributed by atoms with E-state index in [-0.39, 0.29) is 5.82 Å². The molecule has 104 valence electrons. The van der Waals surface area contributed by atoms with Crippen LogP contribution in [0, 0.1) is 11.7 Å². The Morgan fingerprint density at radius 1 is 1.00 bits per heavy atom. The molecule has 1 saturated heterocycles. The van der Waals surface area contributed by atoms with Crippen molar-refractivity contribution in [1.82, 2.24) is 5.32 Å². The average molecular weight is 262 g/mol. The molecule has 0 aromatic heterocycles. The van der Waals surface area contributed by atoms with Gasteiger partial charge in [-0.2, -0.15) is 0 Å². The zero-order valence-electron chi connectivity index (χ0n) is 11.4. The van der Waals surface area contributed by atoms with Crippen LogP contribution >= 0.6 is 0 Å². The molecule has 1 heterocycles. The summed E-state index contributed by atoms with van der Waals surface area (Å²) in [4.78, 5) is 0. The molecule has 0 bridgehead atoms. The van der Waals surface area contributed by atoms with Crippen molar-refractivity contribution in [2.24, 2.45) is 5.92 Å². The van der Waals surface area contributed by atoms with Gasteiger partial charge in [0.05, 0.1) is 0 Å². The highest BCUT2D eigenvalue weighted by Gasteiger charge is 2.34. The normalized spacial score (nSPS) is 31.3. The number of hydrogen-bond donors (Lipinski definition) is 2. The quantitative estimate of drug-likeness (QED) is 0.870. The van der Waals surface area contributed by atoms with Gasteiger partial charge < -0.3 is 10.6 Å². The maximum atomic E-state index is 12.9. The molecule has 1 saturated carbocycles. The van der Waals surface area contributed by atoms with Gasteiger partial charge in [0.2, 0.25) is 0 Å². The van der Waals surface area contributed by atoms with E-state index in [4.69, 9.17) is 0 Å². The van der Waals surface area contributed by atoms with Gasteiger partial charge in [-0.25, -0.2) is 4.39 Å². The van der Waals surface area contributed by atoms with Crippen LogP contribution in [-0.4, -0.2) is 18.6 Å². The average Bonchev–Trinajstić information content (AvgIpc) is 2.90.